The van der Waals surface area contributed by atoms with Crippen LogP contribution in [0.1, 0.15) is 37.3 Å². The quantitative estimate of drug-likeness (QED) is 0.873. The van der Waals surface area contributed by atoms with Crippen LogP contribution in [0, 0.1) is 0 Å². The zero-order valence-electron chi connectivity index (χ0n) is 11.2. The van der Waals surface area contributed by atoms with Crippen LogP contribution in [0.25, 0.3) is 0 Å². The molecule has 1 aliphatic heterocycles. The van der Waals surface area contributed by atoms with Crippen molar-refractivity contribution in [3.05, 3.63) is 10.6 Å². The van der Waals surface area contributed by atoms with Gasteiger partial charge in [0.2, 0.25) is 0 Å². The number of aromatic nitrogens is 2. The highest BCUT2D eigenvalue weighted by molar-refractivity contribution is 7.05. The molecule has 0 unspecified atom stereocenters. The summed E-state index contributed by atoms with van der Waals surface area (Å²) in [6, 6.07) is 0.0945. The molecule has 0 aliphatic carbocycles. The van der Waals surface area contributed by atoms with Crippen LogP contribution in [0.15, 0.2) is 0 Å². The molecule has 2 rings (SSSR count). The summed E-state index contributed by atoms with van der Waals surface area (Å²) in [7, 11) is 0. The van der Waals surface area contributed by atoms with Crippen molar-refractivity contribution in [1.82, 2.24) is 14.5 Å². The number of hydrogen-bond donors (Lipinski definition) is 1. The average Bonchev–Trinajstić information content (AvgIpc) is 2.94. The number of ether oxygens (including phenoxy) is 1. The first-order valence-corrected chi connectivity index (χ1v) is 7.21. The second kappa shape index (κ2) is 6.06. The maximum absolute atomic E-state index is 9.90. The molecule has 5 nitrogen and oxygen atoms in total. The Kier molecular flexibility index (Phi) is 4.66. The smallest absolute Gasteiger partial charge is 0.0950 e. The number of rotatable bonds is 5. The van der Waals surface area contributed by atoms with Gasteiger partial charge in [-0.25, -0.2) is 0 Å². The van der Waals surface area contributed by atoms with Crippen molar-refractivity contribution in [2.24, 2.45) is 0 Å². The molecule has 6 heteroatoms. The van der Waals surface area contributed by atoms with Crippen molar-refractivity contribution in [3.63, 3.8) is 0 Å². The Labute approximate surface area is 112 Å². The SMILES string of the molecule is CCN(Cc1snnc1C(C)C)[C@@H]1COC[C@H]1O. The highest BCUT2D eigenvalue weighted by Crippen LogP contribution is 2.23. The molecule has 1 fully saturated rings. The lowest BCUT2D eigenvalue weighted by molar-refractivity contribution is 0.0812. The number of aliphatic hydroxyl groups is 1. The van der Waals surface area contributed by atoms with Gasteiger partial charge in [-0.2, -0.15) is 0 Å². The molecule has 0 bridgehead atoms. The fourth-order valence-corrected chi connectivity index (χ4v) is 3.11. The molecule has 1 saturated heterocycles. The highest BCUT2D eigenvalue weighted by Gasteiger charge is 2.31. The molecule has 102 valence electrons. The Bertz CT molecular complexity index is 383. The molecule has 1 aromatic heterocycles. The Hall–Kier alpha value is -0.560. The number of aliphatic hydroxyl groups excluding tert-OH is 1. The van der Waals surface area contributed by atoms with Gasteiger partial charge in [-0.15, -0.1) is 5.10 Å². The second-order valence-electron chi connectivity index (χ2n) is 4.97. The first-order chi connectivity index (χ1) is 8.63. The van der Waals surface area contributed by atoms with Crippen LogP contribution < -0.4 is 0 Å². The van der Waals surface area contributed by atoms with E-state index in [1.165, 1.54) is 16.4 Å². The van der Waals surface area contributed by atoms with E-state index in [4.69, 9.17) is 4.74 Å². The molecular weight excluding hydrogens is 250 g/mol. The zero-order valence-corrected chi connectivity index (χ0v) is 12.0. The number of likely N-dealkylation sites (N-methyl/N-ethyl adjacent to an activating group) is 1. The van der Waals surface area contributed by atoms with Crippen molar-refractivity contribution < 1.29 is 9.84 Å². The lowest BCUT2D eigenvalue weighted by Crippen LogP contribution is -2.42. The molecule has 1 aromatic rings. The van der Waals surface area contributed by atoms with Gasteiger partial charge in [-0.1, -0.05) is 25.3 Å². The van der Waals surface area contributed by atoms with Crippen molar-refractivity contribution in [3.8, 4) is 0 Å². The first kappa shape index (κ1) is 13.9. The summed E-state index contributed by atoms with van der Waals surface area (Å²) in [6.07, 6.45) is -0.381. The summed E-state index contributed by atoms with van der Waals surface area (Å²) >= 11 is 1.46. The molecular formula is C12H21N3O2S. The third kappa shape index (κ3) is 2.88. The Morgan fingerprint density at radius 3 is 2.83 bits per heavy atom. The van der Waals surface area contributed by atoms with Gasteiger partial charge < -0.3 is 9.84 Å². The minimum Gasteiger partial charge on any atom is -0.389 e. The lowest BCUT2D eigenvalue weighted by atomic mass is 10.1. The molecule has 0 amide bonds. The fraction of sp³-hybridized carbons (Fsp3) is 0.833. The van der Waals surface area contributed by atoms with E-state index in [1.807, 2.05) is 0 Å². The van der Waals surface area contributed by atoms with E-state index >= 15 is 0 Å². The highest BCUT2D eigenvalue weighted by atomic mass is 32.1. The van der Waals surface area contributed by atoms with Gasteiger partial charge in [0, 0.05) is 6.54 Å². The summed E-state index contributed by atoms with van der Waals surface area (Å²) in [5.74, 6) is 0.391. The number of nitrogens with zero attached hydrogens (tertiary/aromatic N) is 3. The van der Waals surface area contributed by atoms with E-state index in [1.54, 1.807) is 0 Å². The molecule has 0 aromatic carbocycles. The molecule has 18 heavy (non-hydrogen) atoms. The van der Waals surface area contributed by atoms with Gasteiger partial charge in [0.15, 0.2) is 0 Å². The van der Waals surface area contributed by atoms with Crippen molar-refractivity contribution in [2.45, 2.75) is 45.4 Å². The van der Waals surface area contributed by atoms with Crippen LogP contribution in [0.3, 0.4) is 0 Å². The summed E-state index contributed by atoms with van der Waals surface area (Å²) in [4.78, 5) is 3.45. The van der Waals surface area contributed by atoms with Crippen LogP contribution in [0.2, 0.25) is 0 Å². The third-order valence-electron chi connectivity index (χ3n) is 3.38. The van der Waals surface area contributed by atoms with E-state index in [-0.39, 0.29) is 12.1 Å². The fourth-order valence-electron chi connectivity index (χ4n) is 2.29. The summed E-state index contributed by atoms with van der Waals surface area (Å²) in [5.41, 5.74) is 1.08. The monoisotopic (exact) mass is 271 g/mol. The van der Waals surface area contributed by atoms with Crippen LogP contribution in [-0.2, 0) is 11.3 Å². The predicted octanol–water partition coefficient (Wildman–Crippen LogP) is 1.24. The van der Waals surface area contributed by atoms with Crippen molar-refractivity contribution >= 4 is 11.5 Å². The zero-order chi connectivity index (χ0) is 13.1. The van der Waals surface area contributed by atoms with E-state index in [9.17, 15) is 5.11 Å². The maximum Gasteiger partial charge on any atom is 0.0950 e. The minimum absolute atomic E-state index is 0.0945. The second-order valence-corrected chi connectivity index (χ2v) is 5.81. The summed E-state index contributed by atoms with van der Waals surface area (Å²) in [5, 5.41) is 14.1. The summed E-state index contributed by atoms with van der Waals surface area (Å²) in [6.45, 7) is 9.10. The maximum atomic E-state index is 9.90. The van der Waals surface area contributed by atoms with Gasteiger partial charge in [0.25, 0.3) is 0 Å². The average molecular weight is 271 g/mol. The van der Waals surface area contributed by atoms with E-state index in [2.05, 4.69) is 35.3 Å². The van der Waals surface area contributed by atoms with E-state index in [0.29, 0.717) is 19.1 Å². The molecule has 0 spiro atoms. The largest absolute Gasteiger partial charge is 0.389 e. The molecule has 1 aliphatic rings. The van der Waals surface area contributed by atoms with Crippen LogP contribution in [0.5, 0.6) is 0 Å². The predicted molar refractivity (Wildman–Crippen MR) is 70.7 cm³/mol. The molecule has 2 heterocycles. The van der Waals surface area contributed by atoms with Crippen LogP contribution in [0.4, 0.5) is 0 Å². The minimum atomic E-state index is -0.381. The summed E-state index contributed by atoms with van der Waals surface area (Å²) < 4.78 is 9.38. The van der Waals surface area contributed by atoms with Crippen LogP contribution >= 0.6 is 11.5 Å². The molecule has 1 N–H and O–H groups in total. The van der Waals surface area contributed by atoms with E-state index in [0.717, 1.165) is 18.8 Å². The lowest BCUT2D eigenvalue weighted by Gasteiger charge is -2.28. The Morgan fingerprint density at radius 1 is 1.50 bits per heavy atom. The van der Waals surface area contributed by atoms with Gasteiger partial charge in [-0.3, -0.25) is 4.90 Å². The molecule has 2 atom stereocenters. The van der Waals surface area contributed by atoms with Crippen molar-refractivity contribution in [1.29, 1.82) is 0 Å². The third-order valence-corrected chi connectivity index (χ3v) is 4.10. The van der Waals surface area contributed by atoms with Gasteiger partial charge in [-0.05, 0) is 24.0 Å². The molecule has 0 saturated carbocycles. The first-order valence-electron chi connectivity index (χ1n) is 6.44. The standard InChI is InChI=1S/C12H21N3O2S/c1-4-15(9-6-17-7-10(9)16)5-11-12(8(2)3)13-14-18-11/h8-10,16H,4-7H2,1-3H3/t9-,10-/m1/s1. The van der Waals surface area contributed by atoms with Gasteiger partial charge in [0.05, 0.1) is 35.9 Å². The normalized spacial score (nSPS) is 24.3. The topological polar surface area (TPSA) is 58.5 Å². The Balaban J connectivity index is 2.08. The van der Waals surface area contributed by atoms with Crippen LogP contribution in [-0.4, -0.2) is 51.5 Å². The van der Waals surface area contributed by atoms with Crippen molar-refractivity contribution in [2.75, 3.05) is 19.8 Å². The molecule has 0 radical (unpaired) electrons. The van der Waals surface area contributed by atoms with E-state index < -0.39 is 0 Å². The number of hydrogen-bond acceptors (Lipinski definition) is 6. The Morgan fingerprint density at radius 2 is 2.28 bits per heavy atom. The van der Waals surface area contributed by atoms with Gasteiger partial charge in [0.1, 0.15) is 0 Å². The van der Waals surface area contributed by atoms with Gasteiger partial charge >= 0.3 is 0 Å².